The Morgan fingerprint density at radius 3 is 2.17 bits per heavy atom. The van der Waals surface area contributed by atoms with Crippen molar-refractivity contribution in [3.8, 4) is 0 Å². The van der Waals surface area contributed by atoms with Crippen molar-refractivity contribution in [2.75, 3.05) is 0 Å². The summed E-state index contributed by atoms with van der Waals surface area (Å²) in [6.45, 7) is 11.5. The van der Waals surface area contributed by atoms with Crippen molar-refractivity contribution >= 4 is 17.7 Å². The Kier molecular flexibility index (Phi) is 10.0. The van der Waals surface area contributed by atoms with E-state index in [1.165, 1.54) is 32.1 Å². The molecule has 1 saturated carbocycles. The maximum Gasteiger partial charge on any atom is 0.332 e. The molecule has 6 nitrogen and oxygen atoms in total. The number of carboxylic acids is 1. The number of nitrogens with zero attached hydrogens (tertiary/aromatic N) is 1. The van der Waals surface area contributed by atoms with Gasteiger partial charge in [0.25, 0.3) is 5.91 Å². The standard InChI is InChI=1S/C17H28N2O3.C6H13N/c1-7-8-9-12(13(10(2)3)15(20)21)14-18-16(22)17(6,19-14)11(4)5;7-6-4-2-1-3-5-6/h10-11H,7-9H2,1-6H3,(H,20,21)(H,18,19,22);6H,1-5,7H2/b13-12+;. The second-order valence-corrected chi connectivity index (χ2v) is 9.07. The van der Waals surface area contributed by atoms with Crippen LogP contribution >= 0.6 is 0 Å². The molecule has 0 radical (unpaired) electrons. The Balaban J connectivity index is 0.000000502. The molecule has 1 fully saturated rings. The van der Waals surface area contributed by atoms with Gasteiger partial charge in [-0.3, -0.25) is 9.79 Å². The predicted octanol–water partition coefficient (Wildman–Crippen LogP) is 4.43. The van der Waals surface area contributed by atoms with Gasteiger partial charge in [-0.25, -0.2) is 4.79 Å². The molecule has 166 valence electrons. The number of amidine groups is 1. The first-order chi connectivity index (χ1) is 13.5. The number of aliphatic carboxylic acids is 1. The minimum absolute atomic E-state index is 0.0461. The highest BCUT2D eigenvalue weighted by Crippen LogP contribution is 2.30. The van der Waals surface area contributed by atoms with Gasteiger partial charge in [0.2, 0.25) is 0 Å². The first kappa shape index (κ1) is 25.3. The Hall–Kier alpha value is -1.69. The van der Waals surface area contributed by atoms with Crippen molar-refractivity contribution in [2.24, 2.45) is 22.6 Å². The van der Waals surface area contributed by atoms with Crippen LogP contribution in [0, 0.1) is 11.8 Å². The molecule has 1 amide bonds. The third-order valence-electron chi connectivity index (χ3n) is 6.01. The summed E-state index contributed by atoms with van der Waals surface area (Å²) in [6, 6.07) is 0.536. The van der Waals surface area contributed by atoms with Crippen molar-refractivity contribution in [3.63, 3.8) is 0 Å². The van der Waals surface area contributed by atoms with E-state index in [0.29, 0.717) is 29.4 Å². The lowest BCUT2D eigenvalue weighted by molar-refractivity contribution is -0.133. The third kappa shape index (κ3) is 6.95. The smallest absolute Gasteiger partial charge is 0.332 e. The van der Waals surface area contributed by atoms with Gasteiger partial charge in [0, 0.05) is 17.2 Å². The van der Waals surface area contributed by atoms with E-state index in [-0.39, 0.29) is 17.7 Å². The van der Waals surface area contributed by atoms with Gasteiger partial charge in [0.15, 0.2) is 0 Å². The molecule has 0 spiro atoms. The van der Waals surface area contributed by atoms with Crippen LogP contribution in [0.15, 0.2) is 16.1 Å². The number of nitrogens with two attached hydrogens (primary N) is 1. The zero-order valence-corrected chi connectivity index (χ0v) is 19.2. The quantitative estimate of drug-likeness (QED) is 0.543. The van der Waals surface area contributed by atoms with Crippen LogP contribution in [0.2, 0.25) is 0 Å². The number of amides is 1. The molecule has 0 bridgehead atoms. The monoisotopic (exact) mass is 407 g/mol. The molecule has 1 unspecified atom stereocenters. The van der Waals surface area contributed by atoms with Crippen LogP contribution in [0.3, 0.4) is 0 Å². The Morgan fingerprint density at radius 1 is 1.24 bits per heavy atom. The maximum absolute atomic E-state index is 12.3. The number of carbonyl (C=O) groups excluding carboxylic acids is 1. The zero-order chi connectivity index (χ0) is 22.2. The molecule has 1 atom stereocenters. The number of nitrogens with one attached hydrogen (secondary N) is 1. The van der Waals surface area contributed by atoms with E-state index in [9.17, 15) is 14.7 Å². The molecule has 4 N–H and O–H groups in total. The topological polar surface area (TPSA) is 105 Å². The van der Waals surface area contributed by atoms with Crippen LogP contribution in [-0.2, 0) is 9.59 Å². The summed E-state index contributed by atoms with van der Waals surface area (Å²) in [7, 11) is 0. The lowest BCUT2D eigenvalue weighted by Crippen LogP contribution is -2.41. The molecule has 2 rings (SSSR count). The lowest BCUT2D eigenvalue weighted by atomic mass is 9.89. The molecule has 0 aromatic rings. The first-order valence-corrected chi connectivity index (χ1v) is 11.2. The van der Waals surface area contributed by atoms with Gasteiger partial charge < -0.3 is 16.2 Å². The van der Waals surface area contributed by atoms with E-state index >= 15 is 0 Å². The molecule has 6 heteroatoms. The molecule has 1 aliphatic carbocycles. The van der Waals surface area contributed by atoms with Crippen LogP contribution < -0.4 is 11.1 Å². The van der Waals surface area contributed by atoms with Crippen LogP contribution in [0.25, 0.3) is 0 Å². The molecule has 29 heavy (non-hydrogen) atoms. The molecule has 2 aliphatic rings. The first-order valence-electron chi connectivity index (χ1n) is 11.2. The Bertz CT molecular complexity index is 631. The van der Waals surface area contributed by atoms with Crippen LogP contribution in [0.4, 0.5) is 0 Å². The van der Waals surface area contributed by atoms with Gasteiger partial charge in [-0.15, -0.1) is 0 Å². The van der Waals surface area contributed by atoms with Gasteiger partial charge in [-0.2, -0.15) is 0 Å². The zero-order valence-electron chi connectivity index (χ0n) is 19.2. The van der Waals surface area contributed by atoms with Crippen molar-refractivity contribution < 1.29 is 14.7 Å². The third-order valence-corrected chi connectivity index (χ3v) is 6.01. The summed E-state index contributed by atoms with van der Waals surface area (Å²) < 4.78 is 0. The van der Waals surface area contributed by atoms with Gasteiger partial charge >= 0.3 is 5.97 Å². The molecule has 1 heterocycles. The highest BCUT2D eigenvalue weighted by molar-refractivity contribution is 6.17. The summed E-state index contributed by atoms with van der Waals surface area (Å²) in [5.41, 5.74) is 5.82. The van der Waals surface area contributed by atoms with E-state index < -0.39 is 11.5 Å². The summed E-state index contributed by atoms with van der Waals surface area (Å²) in [6.07, 6.45) is 9.10. The van der Waals surface area contributed by atoms with E-state index in [1.807, 2.05) is 27.7 Å². The second kappa shape index (κ2) is 11.5. The van der Waals surface area contributed by atoms with Crippen molar-refractivity contribution in [3.05, 3.63) is 11.1 Å². The van der Waals surface area contributed by atoms with Gasteiger partial charge in [-0.05, 0) is 44.4 Å². The van der Waals surface area contributed by atoms with E-state index in [0.717, 1.165) is 12.8 Å². The SMILES string of the molecule is CCCC/C(C1=NC(C)(C(C)C)C(=O)N1)=C(\C(=O)O)C(C)C.NC1CCCCC1. The number of hydrogen-bond acceptors (Lipinski definition) is 4. The van der Waals surface area contributed by atoms with Crippen LogP contribution in [0.5, 0.6) is 0 Å². The lowest BCUT2D eigenvalue weighted by Gasteiger charge is -2.21. The maximum atomic E-state index is 12.3. The Morgan fingerprint density at radius 2 is 1.83 bits per heavy atom. The fourth-order valence-electron chi connectivity index (χ4n) is 3.67. The van der Waals surface area contributed by atoms with E-state index in [4.69, 9.17) is 5.73 Å². The average molecular weight is 408 g/mol. The van der Waals surface area contributed by atoms with Gasteiger partial charge in [0.1, 0.15) is 11.4 Å². The fourth-order valence-corrected chi connectivity index (χ4v) is 3.67. The molecular weight excluding hydrogens is 366 g/mol. The van der Waals surface area contributed by atoms with Gasteiger partial charge in [-0.1, -0.05) is 60.3 Å². The molecule has 1 aliphatic heterocycles. The second-order valence-electron chi connectivity index (χ2n) is 9.07. The number of carboxylic acid groups (broad SMARTS) is 1. The van der Waals surface area contributed by atoms with Crippen LogP contribution in [-0.4, -0.2) is 34.4 Å². The fraction of sp³-hybridized carbons (Fsp3) is 0.783. The Labute approximate surface area is 176 Å². The number of rotatable bonds is 7. The van der Waals surface area contributed by atoms with Crippen molar-refractivity contribution in [1.82, 2.24) is 5.32 Å². The number of hydrogen-bond donors (Lipinski definition) is 3. The largest absolute Gasteiger partial charge is 0.478 e. The van der Waals surface area contributed by atoms with Crippen LogP contribution in [0.1, 0.15) is 92.9 Å². The number of aliphatic imine (C=N–C) groups is 1. The predicted molar refractivity (Wildman–Crippen MR) is 119 cm³/mol. The van der Waals surface area contributed by atoms with Crippen molar-refractivity contribution in [2.45, 2.75) is 104 Å². The van der Waals surface area contributed by atoms with Gasteiger partial charge in [0.05, 0.1) is 0 Å². The minimum atomic E-state index is -0.934. The van der Waals surface area contributed by atoms with Crippen molar-refractivity contribution in [1.29, 1.82) is 0 Å². The van der Waals surface area contributed by atoms with E-state index in [1.54, 1.807) is 6.92 Å². The highest BCUT2D eigenvalue weighted by Gasteiger charge is 2.43. The summed E-state index contributed by atoms with van der Waals surface area (Å²) >= 11 is 0. The molecule has 0 saturated heterocycles. The summed E-state index contributed by atoms with van der Waals surface area (Å²) in [4.78, 5) is 28.5. The molecular formula is C23H41N3O3. The summed E-state index contributed by atoms with van der Waals surface area (Å²) in [5.74, 6) is -0.725. The molecule has 0 aromatic carbocycles. The minimum Gasteiger partial charge on any atom is -0.478 e. The average Bonchev–Trinajstić information content (AvgIpc) is 2.95. The molecule has 0 aromatic heterocycles. The normalized spacial score (nSPS) is 23.3. The van der Waals surface area contributed by atoms with E-state index in [2.05, 4.69) is 17.2 Å². The number of unbranched alkanes of at least 4 members (excludes halogenated alkanes) is 1. The highest BCUT2D eigenvalue weighted by atomic mass is 16.4. The number of carbonyl (C=O) groups is 2. The summed E-state index contributed by atoms with van der Waals surface area (Å²) in [5, 5.41) is 12.4.